The summed E-state index contributed by atoms with van der Waals surface area (Å²) in [4.78, 5) is 20.0. The number of pyridine rings is 2. The first-order valence-corrected chi connectivity index (χ1v) is 15.5. The number of benzene rings is 5. The Hall–Kier alpha value is -6.00. The Balaban J connectivity index is 1.18. The smallest absolute Gasteiger partial charge is 0.160 e. The molecule has 0 unspecified atom stereocenters. The molecule has 5 aromatic carbocycles. The van der Waals surface area contributed by atoms with Gasteiger partial charge >= 0.3 is 0 Å². The minimum Gasteiger partial charge on any atom is -0.251 e. The third kappa shape index (κ3) is 5.20. The Morgan fingerprint density at radius 2 is 0.891 bits per heavy atom. The van der Waals surface area contributed by atoms with Gasteiger partial charge in [0.25, 0.3) is 0 Å². The molecule has 0 radical (unpaired) electrons. The van der Waals surface area contributed by atoms with E-state index in [1.165, 1.54) is 11.1 Å². The van der Waals surface area contributed by atoms with Crippen LogP contribution < -0.4 is 0 Å². The lowest BCUT2D eigenvalue weighted by atomic mass is 10.0. The van der Waals surface area contributed by atoms with Gasteiger partial charge in [-0.05, 0) is 48.7 Å². The molecule has 0 N–H and O–H groups in total. The average molecular weight is 591 g/mol. The molecule has 8 aromatic rings. The zero-order valence-electron chi connectivity index (χ0n) is 25.6. The van der Waals surface area contributed by atoms with E-state index in [9.17, 15) is 0 Å². The van der Waals surface area contributed by atoms with Crippen molar-refractivity contribution >= 4 is 21.8 Å². The van der Waals surface area contributed by atoms with Crippen LogP contribution in [-0.2, 0) is 0 Å². The van der Waals surface area contributed by atoms with Crippen LogP contribution in [0.1, 0.15) is 11.3 Å². The van der Waals surface area contributed by atoms with Crippen LogP contribution in [0.15, 0.2) is 146 Å². The third-order valence-electron chi connectivity index (χ3n) is 8.50. The number of hydrogen-bond acceptors (Lipinski definition) is 4. The summed E-state index contributed by atoms with van der Waals surface area (Å²) in [7, 11) is 0. The molecule has 4 heteroatoms. The van der Waals surface area contributed by atoms with Crippen molar-refractivity contribution in [3.05, 3.63) is 157 Å². The van der Waals surface area contributed by atoms with E-state index < -0.39 is 0 Å². The first-order valence-electron chi connectivity index (χ1n) is 15.5. The largest absolute Gasteiger partial charge is 0.251 e. The molecule has 4 nitrogen and oxygen atoms in total. The second-order valence-corrected chi connectivity index (χ2v) is 11.7. The first-order chi connectivity index (χ1) is 22.6. The summed E-state index contributed by atoms with van der Waals surface area (Å²) < 4.78 is 0. The summed E-state index contributed by atoms with van der Waals surface area (Å²) in [5, 5.41) is 2.23. The quantitative estimate of drug-likeness (QED) is 0.187. The van der Waals surface area contributed by atoms with Crippen LogP contribution in [0.2, 0.25) is 0 Å². The lowest BCUT2D eigenvalue weighted by Gasteiger charge is -2.11. The fourth-order valence-electron chi connectivity index (χ4n) is 6.10. The van der Waals surface area contributed by atoms with E-state index >= 15 is 0 Å². The molecule has 3 aromatic heterocycles. The van der Waals surface area contributed by atoms with Gasteiger partial charge in [-0.2, -0.15) is 0 Å². The third-order valence-corrected chi connectivity index (χ3v) is 8.50. The van der Waals surface area contributed by atoms with Crippen molar-refractivity contribution in [1.82, 2.24) is 19.9 Å². The fraction of sp³-hybridized carbons (Fsp3) is 0.0476. The Labute approximate surface area is 268 Å². The van der Waals surface area contributed by atoms with Gasteiger partial charge in [0.15, 0.2) is 5.82 Å². The van der Waals surface area contributed by atoms with E-state index in [4.69, 9.17) is 19.9 Å². The van der Waals surface area contributed by atoms with Gasteiger partial charge in [-0.1, -0.05) is 127 Å². The van der Waals surface area contributed by atoms with Crippen molar-refractivity contribution < 1.29 is 0 Å². The summed E-state index contributed by atoms with van der Waals surface area (Å²) >= 11 is 0. The van der Waals surface area contributed by atoms with E-state index in [1.54, 1.807) is 0 Å². The van der Waals surface area contributed by atoms with E-state index in [2.05, 4.69) is 128 Å². The number of fused-ring (bicyclic) bond motifs is 3. The highest BCUT2D eigenvalue weighted by molar-refractivity contribution is 6.04. The van der Waals surface area contributed by atoms with Gasteiger partial charge in [0.2, 0.25) is 0 Å². The van der Waals surface area contributed by atoms with Gasteiger partial charge in [0, 0.05) is 38.7 Å². The molecule has 0 atom stereocenters. The molecular formula is C42H30N4. The summed E-state index contributed by atoms with van der Waals surface area (Å²) in [6.07, 6.45) is 0. The zero-order valence-corrected chi connectivity index (χ0v) is 25.6. The molecule has 3 heterocycles. The molecule has 8 rings (SSSR count). The summed E-state index contributed by atoms with van der Waals surface area (Å²) in [6.45, 7) is 4.17. The van der Waals surface area contributed by atoms with Gasteiger partial charge in [-0.25, -0.2) is 15.0 Å². The van der Waals surface area contributed by atoms with Crippen molar-refractivity contribution in [2.24, 2.45) is 0 Å². The molecule has 0 aliphatic heterocycles. The van der Waals surface area contributed by atoms with Gasteiger partial charge < -0.3 is 0 Å². The van der Waals surface area contributed by atoms with Crippen LogP contribution in [0.5, 0.6) is 0 Å². The molecular weight excluding hydrogens is 560 g/mol. The zero-order chi connectivity index (χ0) is 31.0. The molecule has 0 fully saturated rings. The van der Waals surface area contributed by atoms with Crippen molar-refractivity contribution in [1.29, 1.82) is 0 Å². The van der Waals surface area contributed by atoms with Gasteiger partial charge in [0.05, 0.1) is 28.1 Å². The molecule has 0 spiro atoms. The summed E-state index contributed by atoms with van der Waals surface area (Å²) in [6, 6.07) is 50.3. The number of aryl methyl sites for hydroxylation is 2. The maximum absolute atomic E-state index is 5.11. The minimum atomic E-state index is 0.696. The highest BCUT2D eigenvalue weighted by Gasteiger charge is 2.13. The van der Waals surface area contributed by atoms with Gasteiger partial charge in [0.1, 0.15) is 0 Å². The van der Waals surface area contributed by atoms with E-state index in [0.717, 1.165) is 72.4 Å². The Bertz CT molecular complexity index is 2350. The highest BCUT2D eigenvalue weighted by atomic mass is 14.9. The van der Waals surface area contributed by atoms with Crippen molar-refractivity contribution in [2.45, 2.75) is 13.8 Å². The van der Waals surface area contributed by atoms with E-state index in [0.29, 0.717) is 5.82 Å². The van der Waals surface area contributed by atoms with Crippen LogP contribution in [-0.4, -0.2) is 19.9 Å². The second-order valence-electron chi connectivity index (χ2n) is 11.7. The summed E-state index contributed by atoms with van der Waals surface area (Å²) in [5.41, 5.74) is 13.2. The molecule has 0 amide bonds. The van der Waals surface area contributed by atoms with Crippen molar-refractivity contribution in [3.63, 3.8) is 0 Å². The fourth-order valence-corrected chi connectivity index (χ4v) is 6.10. The van der Waals surface area contributed by atoms with Crippen molar-refractivity contribution in [2.75, 3.05) is 0 Å². The summed E-state index contributed by atoms with van der Waals surface area (Å²) in [5.74, 6) is 0.696. The molecule has 46 heavy (non-hydrogen) atoms. The SMILES string of the molecule is Cc1cc(C)c2ccc3ccc(-c4ccc(-c5cc(-c6ccccc6)nc(-c6ccc(-c7ccccc7)cc6)n5)cc4)nc3c2n1. The number of rotatable bonds is 5. The number of nitrogens with zero attached hydrogens (tertiary/aromatic N) is 4. The minimum absolute atomic E-state index is 0.696. The number of hydrogen-bond donors (Lipinski definition) is 0. The Kier molecular flexibility index (Phi) is 6.88. The van der Waals surface area contributed by atoms with Crippen molar-refractivity contribution in [3.8, 4) is 56.3 Å². The van der Waals surface area contributed by atoms with Gasteiger partial charge in [-0.15, -0.1) is 0 Å². The van der Waals surface area contributed by atoms with Crippen LogP contribution in [0.3, 0.4) is 0 Å². The lowest BCUT2D eigenvalue weighted by molar-refractivity contribution is 1.18. The number of aromatic nitrogens is 4. The van der Waals surface area contributed by atoms with Gasteiger partial charge in [-0.3, -0.25) is 4.98 Å². The van der Waals surface area contributed by atoms with Crippen LogP contribution in [0, 0.1) is 13.8 Å². The van der Waals surface area contributed by atoms with E-state index in [1.807, 2.05) is 31.2 Å². The monoisotopic (exact) mass is 590 g/mol. The predicted molar refractivity (Wildman–Crippen MR) is 189 cm³/mol. The van der Waals surface area contributed by atoms with Crippen LogP contribution in [0.25, 0.3) is 78.1 Å². The molecule has 0 saturated carbocycles. The normalized spacial score (nSPS) is 11.3. The highest BCUT2D eigenvalue weighted by Crippen LogP contribution is 2.32. The molecule has 0 bridgehead atoms. The van der Waals surface area contributed by atoms with Crippen LogP contribution >= 0.6 is 0 Å². The molecule has 0 aliphatic carbocycles. The Morgan fingerprint density at radius 3 is 1.57 bits per heavy atom. The standard InChI is InChI=1S/C42H30N4/c1-27-25-28(2)43-41-36(27)23-21-34-22-24-37(44-40(34)41)32-15-17-33(18-16-32)39-26-38(31-11-7-4-8-12-31)45-42(46-39)35-19-13-30(14-20-35)29-9-5-3-6-10-29/h3-26H,1-2H3. The molecule has 0 saturated heterocycles. The first kappa shape index (κ1) is 27.5. The predicted octanol–water partition coefficient (Wildman–Crippen LogP) is 10.5. The van der Waals surface area contributed by atoms with E-state index in [-0.39, 0.29) is 0 Å². The molecule has 0 aliphatic rings. The maximum atomic E-state index is 5.11. The lowest BCUT2D eigenvalue weighted by Crippen LogP contribution is -1.96. The second kappa shape index (κ2) is 11.5. The topological polar surface area (TPSA) is 51.6 Å². The van der Waals surface area contributed by atoms with Crippen LogP contribution in [0.4, 0.5) is 0 Å². The maximum Gasteiger partial charge on any atom is 0.160 e. The Morgan fingerprint density at radius 1 is 0.370 bits per heavy atom. The molecule has 218 valence electrons. The average Bonchev–Trinajstić information content (AvgIpc) is 3.12.